The van der Waals surface area contributed by atoms with Crippen molar-refractivity contribution < 1.29 is 8.42 Å². The fourth-order valence-electron chi connectivity index (χ4n) is 1.59. The largest absolute Gasteiger partial charge is 0.240 e. The Morgan fingerprint density at radius 3 is 2.24 bits per heavy atom. The number of aryl methyl sites for hydroxylation is 1. The highest BCUT2D eigenvalue weighted by Crippen LogP contribution is 2.12. The minimum absolute atomic E-state index is 0.0835. The topological polar surface area (TPSA) is 46.2 Å². The molecule has 0 aliphatic carbocycles. The van der Waals surface area contributed by atoms with Gasteiger partial charge in [0.25, 0.3) is 0 Å². The lowest BCUT2D eigenvalue weighted by molar-refractivity contribution is 0.570. The lowest BCUT2D eigenvalue weighted by Gasteiger charge is -2.09. The predicted octanol–water partition coefficient (Wildman–Crippen LogP) is 2.72. The molecule has 0 unspecified atom stereocenters. The molecule has 0 atom stereocenters. The number of unbranched alkanes of at least 4 members (excludes halogenated alkanes) is 1. The first-order chi connectivity index (χ1) is 7.95. The second-order valence-corrected chi connectivity index (χ2v) is 6.24. The van der Waals surface area contributed by atoms with Gasteiger partial charge < -0.3 is 0 Å². The van der Waals surface area contributed by atoms with Crippen molar-refractivity contribution >= 4 is 10.0 Å². The zero-order chi connectivity index (χ0) is 12.9. The Morgan fingerprint density at radius 1 is 1.18 bits per heavy atom. The van der Waals surface area contributed by atoms with E-state index in [4.69, 9.17) is 0 Å². The predicted molar refractivity (Wildman–Crippen MR) is 70.5 cm³/mol. The number of rotatable bonds is 6. The third kappa shape index (κ3) is 4.48. The molecular formula is C13H21NO2S. The summed E-state index contributed by atoms with van der Waals surface area (Å²) < 4.78 is 26.3. The van der Waals surface area contributed by atoms with E-state index in [1.54, 1.807) is 12.1 Å². The minimum Gasteiger partial charge on any atom is -0.209 e. The summed E-state index contributed by atoms with van der Waals surface area (Å²) in [5.74, 6) is 0. The van der Waals surface area contributed by atoms with Crippen molar-refractivity contribution in [3.63, 3.8) is 0 Å². The molecule has 3 nitrogen and oxygen atoms in total. The molecule has 0 radical (unpaired) electrons. The molecule has 0 saturated carbocycles. The van der Waals surface area contributed by atoms with Gasteiger partial charge in [-0.25, -0.2) is 13.1 Å². The van der Waals surface area contributed by atoms with Crippen molar-refractivity contribution in [2.24, 2.45) is 0 Å². The fourth-order valence-corrected chi connectivity index (χ4v) is 2.85. The van der Waals surface area contributed by atoms with E-state index in [2.05, 4.69) is 11.6 Å². The smallest absolute Gasteiger partial charge is 0.209 e. The van der Waals surface area contributed by atoms with E-state index < -0.39 is 10.0 Å². The average Bonchev–Trinajstić information content (AvgIpc) is 2.25. The Morgan fingerprint density at radius 2 is 1.76 bits per heavy atom. The van der Waals surface area contributed by atoms with E-state index in [0.717, 1.165) is 19.3 Å². The van der Waals surface area contributed by atoms with Crippen LogP contribution in [0, 0.1) is 0 Å². The Kier molecular flexibility index (Phi) is 5.15. The standard InChI is InChI=1S/C13H21NO2S/c1-4-5-6-12-7-9-13(10-8-12)17(15,16)14-11(2)3/h7-11,14H,4-6H2,1-3H3. The number of benzene rings is 1. The Bertz CT molecular complexity index is 435. The first-order valence-corrected chi connectivity index (χ1v) is 7.55. The molecule has 0 spiro atoms. The van der Waals surface area contributed by atoms with Crippen LogP contribution in [0.1, 0.15) is 39.2 Å². The van der Waals surface area contributed by atoms with Gasteiger partial charge in [-0.05, 0) is 44.4 Å². The summed E-state index contributed by atoms with van der Waals surface area (Å²) in [5.41, 5.74) is 1.19. The highest BCUT2D eigenvalue weighted by molar-refractivity contribution is 7.89. The van der Waals surface area contributed by atoms with Crippen LogP contribution < -0.4 is 4.72 Å². The van der Waals surface area contributed by atoms with Crippen molar-refractivity contribution in [1.29, 1.82) is 0 Å². The van der Waals surface area contributed by atoms with Crippen molar-refractivity contribution in [3.8, 4) is 0 Å². The summed E-state index contributed by atoms with van der Waals surface area (Å²) >= 11 is 0. The molecule has 0 aromatic heterocycles. The first kappa shape index (κ1) is 14.2. The normalized spacial score (nSPS) is 12.0. The van der Waals surface area contributed by atoms with Gasteiger partial charge in [-0.2, -0.15) is 0 Å². The van der Waals surface area contributed by atoms with Crippen molar-refractivity contribution in [3.05, 3.63) is 29.8 Å². The highest BCUT2D eigenvalue weighted by atomic mass is 32.2. The van der Waals surface area contributed by atoms with Crippen LogP contribution in [0.15, 0.2) is 29.2 Å². The van der Waals surface area contributed by atoms with Crippen LogP contribution in [0.25, 0.3) is 0 Å². The summed E-state index contributed by atoms with van der Waals surface area (Å²) in [6, 6.07) is 7.06. The van der Waals surface area contributed by atoms with Gasteiger partial charge in [0.15, 0.2) is 0 Å². The summed E-state index contributed by atoms with van der Waals surface area (Å²) in [4.78, 5) is 0.339. The Labute approximate surface area is 104 Å². The minimum atomic E-state index is -3.35. The van der Waals surface area contributed by atoms with Crippen LogP contribution in [0.2, 0.25) is 0 Å². The molecule has 4 heteroatoms. The number of sulfonamides is 1. The molecule has 17 heavy (non-hydrogen) atoms. The maximum absolute atomic E-state index is 11.9. The fraction of sp³-hybridized carbons (Fsp3) is 0.538. The SMILES string of the molecule is CCCCc1ccc(S(=O)(=O)NC(C)C)cc1. The van der Waals surface area contributed by atoms with E-state index in [0.29, 0.717) is 4.90 Å². The van der Waals surface area contributed by atoms with E-state index in [1.165, 1.54) is 5.56 Å². The second kappa shape index (κ2) is 6.17. The molecule has 1 aromatic carbocycles. The number of nitrogens with one attached hydrogen (secondary N) is 1. The zero-order valence-electron chi connectivity index (χ0n) is 10.7. The van der Waals surface area contributed by atoms with Crippen LogP contribution in [0.3, 0.4) is 0 Å². The van der Waals surface area contributed by atoms with Gasteiger partial charge in [-0.15, -0.1) is 0 Å². The molecule has 1 N–H and O–H groups in total. The Balaban J connectivity index is 2.80. The highest BCUT2D eigenvalue weighted by Gasteiger charge is 2.14. The molecule has 1 rings (SSSR count). The zero-order valence-corrected chi connectivity index (χ0v) is 11.5. The molecular weight excluding hydrogens is 234 g/mol. The molecule has 96 valence electrons. The van der Waals surface area contributed by atoms with Crippen LogP contribution in [0.5, 0.6) is 0 Å². The third-order valence-electron chi connectivity index (χ3n) is 2.44. The van der Waals surface area contributed by atoms with Crippen LogP contribution in [-0.2, 0) is 16.4 Å². The summed E-state index contributed by atoms with van der Waals surface area (Å²) in [5, 5.41) is 0. The summed E-state index contributed by atoms with van der Waals surface area (Å²) in [6.07, 6.45) is 3.29. The van der Waals surface area contributed by atoms with Gasteiger partial charge in [0.05, 0.1) is 4.90 Å². The molecule has 0 aliphatic heterocycles. The third-order valence-corrected chi connectivity index (χ3v) is 4.12. The molecule has 0 aliphatic rings. The van der Waals surface area contributed by atoms with Gasteiger partial charge in [0.1, 0.15) is 0 Å². The van der Waals surface area contributed by atoms with Crippen molar-refractivity contribution in [2.75, 3.05) is 0 Å². The molecule has 0 heterocycles. The summed E-state index contributed by atoms with van der Waals surface area (Å²) in [7, 11) is -3.35. The van der Waals surface area contributed by atoms with Crippen molar-refractivity contribution in [1.82, 2.24) is 4.72 Å². The number of hydrogen-bond acceptors (Lipinski definition) is 2. The molecule has 0 bridgehead atoms. The number of hydrogen-bond donors (Lipinski definition) is 1. The maximum atomic E-state index is 11.9. The van der Waals surface area contributed by atoms with Crippen LogP contribution >= 0.6 is 0 Å². The quantitative estimate of drug-likeness (QED) is 0.849. The lowest BCUT2D eigenvalue weighted by Crippen LogP contribution is -2.30. The van der Waals surface area contributed by atoms with Gasteiger partial charge >= 0.3 is 0 Å². The Hall–Kier alpha value is -0.870. The van der Waals surface area contributed by atoms with Crippen LogP contribution in [-0.4, -0.2) is 14.5 Å². The van der Waals surface area contributed by atoms with E-state index >= 15 is 0 Å². The van der Waals surface area contributed by atoms with Gasteiger partial charge in [-0.3, -0.25) is 0 Å². The molecule has 0 fully saturated rings. The van der Waals surface area contributed by atoms with Crippen LogP contribution in [0.4, 0.5) is 0 Å². The van der Waals surface area contributed by atoms with E-state index in [9.17, 15) is 8.42 Å². The monoisotopic (exact) mass is 255 g/mol. The molecule has 0 saturated heterocycles. The van der Waals surface area contributed by atoms with Gasteiger partial charge in [-0.1, -0.05) is 25.5 Å². The maximum Gasteiger partial charge on any atom is 0.240 e. The van der Waals surface area contributed by atoms with Gasteiger partial charge in [0.2, 0.25) is 10.0 Å². The molecule has 1 aromatic rings. The molecule has 0 amide bonds. The average molecular weight is 255 g/mol. The van der Waals surface area contributed by atoms with E-state index in [1.807, 2.05) is 26.0 Å². The van der Waals surface area contributed by atoms with Gasteiger partial charge in [0, 0.05) is 6.04 Å². The first-order valence-electron chi connectivity index (χ1n) is 6.07. The second-order valence-electron chi connectivity index (χ2n) is 4.52. The van der Waals surface area contributed by atoms with E-state index in [-0.39, 0.29) is 6.04 Å². The lowest BCUT2D eigenvalue weighted by atomic mass is 10.1. The van der Waals surface area contributed by atoms with Crippen molar-refractivity contribution in [2.45, 2.75) is 51.0 Å². The summed E-state index contributed by atoms with van der Waals surface area (Å²) in [6.45, 7) is 5.77.